The van der Waals surface area contributed by atoms with Crippen LogP contribution in [0.2, 0.25) is 0 Å². The van der Waals surface area contributed by atoms with Gasteiger partial charge in [-0.15, -0.1) is 16.4 Å². The quantitative estimate of drug-likeness (QED) is 0.728. The lowest BCUT2D eigenvalue weighted by Crippen LogP contribution is -2.11. The van der Waals surface area contributed by atoms with Gasteiger partial charge in [0.2, 0.25) is 0 Å². The molecular formula is C15H13N5O3S. The van der Waals surface area contributed by atoms with E-state index in [0.717, 1.165) is 5.56 Å². The molecule has 3 rings (SSSR count). The number of hydrogen-bond donors (Lipinski definition) is 1. The van der Waals surface area contributed by atoms with Crippen LogP contribution in [0, 0.1) is 6.92 Å². The van der Waals surface area contributed by atoms with Crippen LogP contribution < -0.4 is 5.32 Å². The second-order valence-electron chi connectivity index (χ2n) is 4.87. The summed E-state index contributed by atoms with van der Waals surface area (Å²) in [7, 11) is 1.32. The third kappa shape index (κ3) is 3.15. The van der Waals surface area contributed by atoms with Gasteiger partial charge in [-0.25, -0.2) is 9.48 Å². The fourth-order valence-corrected chi connectivity index (χ4v) is 3.08. The fraction of sp³-hybridized carbons (Fsp3) is 0.133. The van der Waals surface area contributed by atoms with Crippen LogP contribution in [-0.4, -0.2) is 39.2 Å². The molecule has 24 heavy (non-hydrogen) atoms. The van der Waals surface area contributed by atoms with Gasteiger partial charge in [-0.1, -0.05) is 6.07 Å². The van der Waals surface area contributed by atoms with E-state index in [1.807, 2.05) is 0 Å². The van der Waals surface area contributed by atoms with Gasteiger partial charge < -0.3 is 10.1 Å². The number of nitrogens with zero attached hydrogens (tertiary/aromatic N) is 4. The normalized spacial score (nSPS) is 10.4. The lowest BCUT2D eigenvalue weighted by Gasteiger charge is -2.05. The van der Waals surface area contributed by atoms with Gasteiger partial charge in [-0.3, -0.25) is 4.79 Å². The zero-order chi connectivity index (χ0) is 17.1. The van der Waals surface area contributed by atoms with Gasteiger partial charge >= 0.3 is 5.97 Å². The van der Waals surface area contributed by atoms with Gasteiger partial charge in [-0.05, 0) is 47.2 Å². The van der Waals surface area contributed by atoms with Crippen LogP contribution in [0.15, 0.2) is 36.7 Å². The summed E-state index contributed by atoms with van der Waals surface area (Å²) < 4.78 is 6.17. The van der Waals surface area contributed by atoms with Crippen molar-refractivity contribution in [2.45, 2.75) is 6.92 Å². The maximum atomic E-state index is 12.4. The van der Waals surface area contributed by atoms with E-state index in [4.69, 9.17) is 4.74 Å². The van der Waals surface area contributed by atoms with Crippen LogP contribution in [0.3, 0.4) is 0 Å². The first-order valence-electron chi connectivity index (χ1n) is 6.92. The summed E-state index contributed by atoms with van der Waals surface area (Å²) in [6.07, 6.45) is 1.45. The van der Waals surface area contributed by atoms with Crippen molar-refractivity contribution >= 4 is 28.2 Å². The SMILES string of the molecule is COC(=O)c1sc(NC(=O)c2cccc(-n3cnnn3)c2)cc1C. The van der Waals surface area contributed by atoms with E-state index in [2.05, 4.69) is 20.8 Å². The van der Waals surface area contributed by atoms with Crippen molar-refractivity contribution in [2.24, 2.45) is 0 Å². The number of rotatable bonds is 4. The summed E-state index contributed by atoms with van der Waals surface area (Å²) in [6, 6.07) is 8.63. The second kappa shape index (κ2) is 6.59. The van der Waals surface area contributed by atoms with Gasteiger partial charge in [0.05, 0.1) is 17.8 Å². The minimum Gasteiger partial charge on any atom is -0.465 e. The first kappa shape index (κ1) is 15.8. The molecule has 0 saturated heterocycles. The van der Waals surface area contributed by atoms with Crippen molar-refractivity contribution in [2.75, 3.05) is 12.4 Å². The summed E-state index contributed by atoms with van der Waals surface area (Å²) in [5, 5.41) is 14.3. The number of anilines is 1. The molecule has 3 aromatic rings. The largest absolute Gasteiger partial charge is 0.465 e. The number of nitrogens with one attached hydrogen (secondary N) is 1. The van der Waals surface area contributed by atoms with Crippen molar-refractivity contribution in [3.63, 3.8) is 0 Å². The summed E-state index contributed by atoms with van der Waals surface area (Å²) in [6.45, 7) is 1.79. The molecule has 0 unspecified atom stereocenters. The number of carbonyl (C=O) groups is 2. The fourth-order valence-electron chi connectivity index (χ4n) is 2.09. The van der Waals surface area contributed by atoms with E-state index in [1.54, 1.807) is 37.3 Å². The van der Waals surface area contributed by atoms with Crippen LogP contribution in [-0.2, 0) is 4.74 Å². The van der Waals surface area contributed by atoms with Crippen LogP contribution in [0.5, 0.6) is 0 Å². The molecule has 1 amide bonds. The Kier molecular flexibility index (Phi) is 4.34. The van der Waals surface area contributed by atoms with E-state index >= 15 is 0 Å². The molecule has 9 heteroatoms. The van der Waals surface area contributed by atoms with Crippen LogP contribution in [0.25, 0.3) is 5.69 Å². The Morgan fingerprint density at radius 3 is 2.83 bits per heavy atom. The van der Waals surface area contributed by atoms with Gasteiger partial charge in [0, 0.05) is 5.56 Å². The molecular weight excluding hydrogens is 330 g/mol. The standard InChI is InChI=1S/C15H13N5O3S/c1-9-6-12(24-13(9)15(22)23-2)17-14(21)10-4-3-5-11(7-10)20-8-16-18-19-20/h3-8H,1-2H3,(H,17,21). The van der Waals surface area contributed by atoms with E-state index in [-0.39, 0.29) is 5.91 Å². The lowest BCUT2D eigenvalue weighted by atomic mass is 10.2. The number of ether oxygens (including phenoxy) is 1. The summed E-state index contributed by atoms with van der Waals surface area (Å²) >= 11 is 1.17. The summed E-state index contributed by atoms with van der Waals surface area (Å²) in [4.78, 5) is 24.5. The highest BCUT2D eigenvalue weighted by molar-refractivity contribution is 7.18. The Morgan fingerprint density at radius 1 is 1.29 bits per heavy atom. The van der Waals surface area contributed by atoms with Crippen molar-refractivity contribution in [3.05, 3.63) is 52.7 Å². The molecule has 0 aliphatic carbocycles. The molecule has 1 N–H and O–H groups in total. The summed E-state index contributed by atoms with van der Waals surface area (Å²) in [5.74, 6) is -0.707. The van der Waals surface area contributed by atoms with E-state index in [0.29, 0.717) is 21.1 Å². The predicted octanol–water partition coefficient (Wildman–Crippen LogP) is 2.07. The minimum absolute atomic E-state index is 0.289. The molecule has 0 radical (unpaired) electrons. The van der Waals surface area contributed by atoms with E-state index in [9.17, 15) is 9.59 Å². The second-order valence-corrected chi connectivity index (χ2v) is 5.93. The van der Waals surface area contributed by atoms with Gasteiger partial charge in [-0.2, -0.15) is 0 Å². The molecule has 0 aliphatic heterocycles. The Bertz CT molecular complexity index is 888. The number of carbonyl (C=O) groups excluding carboxylic acids is 2. The molecule has 0 spiro atoms. The van der Waals surface area contributed by atoms with E-state index in [1.165, 1.54) is 29.5 Å². The predicted molar refractivity (Wildman–Crippen MR) is 87.5 cm³/mol. The molecule has 8 nitrogen and oxygen atoms in total. The van der Waals surface area contributed by atoms with E-state index < -0.39 is 5.97 Å². The molecule has 2 heterocycles. The molecule has 2 aromatic heterocycles. The highest BCUT2D eigenvalue weighted by Crippen LogP contribution is 2.27. The number of aromatic nitrogens is 4. The third-order valence-corrected chi connectivity index (χ3v) is 4.38. The van der Waals surface area contributed by atoms with Crippen molar-refractivity contribution < 1.29 is 14.3 Å². The van der Waals surface area contributed by atoms with Gasteiger partial charge in [0.1, 0.15) is 11.2 Å². The lowest BCUT2D eigenvalue weighted by molar-refractivity contribution is 0.0605. The molecule has 0 saturated carbocycles. The molecule has 0 aliphatic rings. The summed E-state index contributed by atoms with van der Waals surface area (Å²) in [5.41, 5.74) is 1.88. The molecule has 0 fully saturated rings. The minimum atomic E-state index is -0.418. The molecule has 1 aromatic carbocycles. The number of hydrogen-bond acceptors (Lipinski definition) is 7. The maximum Gasteiger partial charge on any atom is 0.348 e. The van der Waals surface area contributed by atoms with Gasteiger partial charge in [0.15, 0.2) is 0 Å². The molecule has 0 atom stereocenters. The molecule has 122 valence electrons. The highest BCUT2D eigenvalue weighted by atomic mass is 32.1. The Balaban J connectivity index is 1.81. The number of tetrazole rings is 1. The number of amides is 1. The number of benzene rings is 1. The topological polar surface area (TPSA) is 99.0 Å². The molecule has 0 bridgehead atoms. The number of methoxy groups -OCH3 is 1. The van der Waals surface area contributed by atoms with Crippen LogP contribution in [0.1, 0.15) is 25.6 Å². The smallest absolute Gasteiger partial charge is 0.348 e. The zero-order valence-corrected chi connectivity index (χ0v) is 13.7. The third-order valence-electron chi connectivity index (χ3n) is 3.25. The average molecular weight is 343 g/mol. The van der Waals surface area contributed by atoms with Crippen molar-refractivity contribution in [1.29, 1.82) is 0 Å². The Hall–Kier alpha value is -3.07. The van der Waals surface area contributed by atoms with Crippen LogP contribution >= 0.6 is 11.3 Å². The number of aryl methyl sites for hydroxylation is 1. The van der Waals surface area contributed by atoms with Crippen LogP contribution in [0.4, 0.5) is 5.00 Å². The average Bonchev–Trinajstić information content (AvgIpc) is 3.24. The van der Waals surface area contributed by atoms with Crippen molar-refractivity contribution in [1.82, 2.24) is 20.2 Å². The Labute approximate surface area is 141 Å². The monoisotopic (exact) mass is 343 g/mol. The maximum absolute atomic E-state index is 12.4. The number of esters is 1. The first-order chi connectivity index (χ1) is 11.6. The Morgan fingerprint density at radius 2 is 2.12 bits per heavy atom. The number of thiophene rings is 1. The van der Waals surface area contributed by atoms with Crippen molar-refractivity contribution in [3.8, 4) is 5.69 Å². The first-order valence-corrected chi connectivity index (χ1v) is 7.73. The van der Waals surface area contributed by atoms with Gasteiger partial charge in [0.25, 0.3) is 5.91 Å². The highest BCUT2D eigenvalue weighted by Gasteiger charge is 2.16. The zero-order valence-electron chi connectivity index (χ0n) is 12.9.